The number of rotatable bonds is 2. The zero-order valence-corrected chi connectivity index (χ0v) is 11.9. The van der Waals surface area contributed by atoms with E-state index in [-0.39, 0.29) is 11.7 Å². The molecule has 0 aromatic heterocycles. The lowest BCUT2D eigenvalue weighted by Crippen LogP contribution is -2.36. The van der Waals surface area contributed by atoms with Gasteiger partial charge in [-0.1, -0.05) is 18.2 Å². The Balaban J connectivity index is 1.97. The van der Waals surface area contributed by atoms with Crippen LogP contribution in [0.5, 0.6) is 0 Å². The highest BCUT2D eigenvalue weighted by Crippen LogP contribution is 2.27. The van der Waals surface area contributed by atoms with Gasteiger partial charge in [0.25, 0.3) is 5.91 Å². The highest BCUT2D eigenvalue weighted by Gasteiger charge is 2.25. The molecule has 0 unspecified atom stereocenters. The first-order valence-corrected chi connectivity index (χ1v) is 7.18. The van der Waals surface area contributed by atoms with Crippen molar-refractivity contribution in [2.45, 2.75) is 12.5 Å². The lowest BCUT2D eigenvalue weighted by atomic mass is 10.0. The summed E-state index contributed by atoms with van der Waals surface area (Å²) in [5.74, 6) is -0.454. The number of carbonyl (C=O) groups excluding carboxylic acids is 1. The molecule has 3 rings (SSSR count). The number of aliphatic hydroxyl groups excluding tert-OH is 1. The van der Waals surface area contributed by atoms with Crippen LogP contribution in [0.1, 0.15) is 22.3 Å². The van der Waals surface area contributed by atoms with Gasteiger partial charge >= 0.3 is 0 Å². The fraction of sp³-hybridized carbons (Fsp3) is 0.167. The van der Waals surface area contributed by atoms with E-state index in [0.29, 0.717) is 29.8 Å². The van der Waals surface area contributed by atoms with Crippen LogP contribution < -0.4 is 0 Å². The minimum absolute atomic E-state index is 0.122. The predicted octanol–water partition coefficient (Wildman–Crippen LogP) is 3.07. The average Bonchev–Trinajstić information content (AvgIpc) is 2.56. The van der Waals surface area contributed by atoms with Crippen LogP contribution in [0, 0.1) is 5.82 Å². The van der Waals surface area contributed by atoms with Crippen LogP contribution >= 0.6 is 0 Å². The number of hydrogen-bond acceptors (Lipinski definition) is 2. The number of benzene rings is 2. The average molecular weight is 297 g/mol. The summed E-state index contributed by atoms with van der Waals surface area (Å²) in [6, 6.07) is 14.9. The van der Waals surface area contributed by atoms with Crippen molar-refractivity contribution in [2.24, 2.45) is 0 Å². The van der Waals surface area contributed by atoms with Crippen molar-refractivity contribution in [3.05, 3.63) is 77.6 Å². The maximum absolute atomic E-state index is 13.1. The number of aliphatic hydroxyl groups is 1. The third-order valence-electron chi connectivity index (χ3n) is 3.70. The summed E-state index contributed by atoms with van der Waals surface area (Å²) >= 11 is 0. The van der Waals surface area contributed by atoms with Gasteiger partial charge in [-0.3, -0.25) is 4.79 Å². The Labute approximate surface area is 128 Å². The zero-order chi connectivity index (χ0) is 15.5. The molecule has 1 aliphatic heterocycles. The quantitative estimate of drug-likeness (QED) is 0.925. The lowest BCUT2D eigenvalue weighted by molar-refractivity contribution is 0.0804. The van der Waals surface area contributed by atoms with E-state index in [1.165, 1.54) is 12.1 Å². The van der Waals surface area contributed by atoms with Crippen molar-refractivity contribution in [1.29, 1.82) is 0 Å². The molecule has 1 atom stereocenters. The molecule has 4 heteroatoms. The molecule has 1 N–H and O–H groups in total. The van der Waals surface area contributed by atoms with Crippen LogP contribution in [-0.2, 0) is 0 Å². The van der Waals surface area contributed by atoms with Crippen LogP contribution in [-0.4, -0.2) is 28.6 Å². The standard InChI is InChI=1S/C18H16FNO2/c19-15-8-6-13(7-9-15)17-12-16(21)10-11-20(17)18(22)14-4-2-1-3-5-14/h1-9,12,16,21H,10-11H2/t16-/m0/s1. The van der Waals surface area contributed by atoms with Gasteiger partial charge in [-0.25, -0.2) is 4.39 Å². The first kappa shape index (κ1) is 14.5. The largest absolute Gasteiger partial charge is 0.389 e. The topological polar surface area (TPSA) is 40.5 Å². The van der Waals surface area contributed by atoms with E-state index in [0.717, 1.165) is 0 Å². The number of carbonyl (C=O) groups is 1. The van der Waals surface area contributed by atoms with Gasteiger partial charge in [0.1, 0.15) is 5.82 Å². The van der Waals surface area contributed by atoms with Gasteiger partial charge in [-0.15, -0.1) is 0 Å². The van der Waals surface area contributed by atoms with Gasteiger partial charge in [-0.05, 0) is 54.5 Å². The van der Waals surface area contributed by atoms with Crippen molar-refractivity contribution in [2.75, 3.05) is 6.54 Å². The number of halogens is 1. The second-order valence-electron chi connectivity index (χ2n) is 5.24. The van der Waals surface area contributed by atoms with Crippen LogP contribution in [0.4, 0.5) is 4.39 Å². The van der Waals surface area contributed by atoms with Crippen molar-refractivity contribution < 1.29 is 14.3 Å². The number of hydrogen-bond donors (Lipinski definition) is 1. The van der Waals surface area contributed by atoms with Gasteiger partial charge in [-0.2, -0.15) is 0 Å². The summed E-state index contributed by atoms with van der Waals surface area (Å²) in [5, 5.41) is 9.88. The Morgan fingerprint density at radius 1 is 1.09 bits per heavy atom. The molecule has 1 aliphatic rings. The third-order valence-corrected chi connectivity index (χ3v) is 3.70. The SMILES string of the molecule is O=C(c1ccccc1)N1CC[C@H](O)C=C1c1ccc(F)cc1. The monoisotopic (exact) mass is 297 g/mol. The normalized spacial score (nSPS) is 18.0. The van der Waals surface area contributed by atoms with Crippen LogP contribution in [0.25, 0.3) is 5.70 Å². The van der Waals surface area contributed by atoms with Gasteiger partial charge in [0, 0.05) is 17.8 Å². The van der Waals surface area contributed by atoms with Gasteiger partial charge in [0.2, 0.25) is 0 Å². The molecule has 1 heterocycles. The van der Waals surface area contributed by atoms with Crippen LogP contribution in [0.2, 0.25) is 0 Å². The van der Waals surface area contributed by atoms with Crippen molar-refractivity contribution in [1.82, 2.24) is 4.90 Å². The molecule has 0 spiro atoms. The van der Waals surface area contributed by atoms with Crippen LogP contribution in [0.3, 0.4) is 0 Å². The van der Waals surface area contributed by atoms with E-state index >= 15 is 0 Å². The Bertz CT molecular complexity index is 695. The van der Waals surface area contributed by atoms with Crippen molar-refractivity contribution in [3.8, 4) is 0 Å². The van der Waals surface area contributed by atoms with Crippen molar-refractivity contribution >= 4 is 11.6 Å². The first-order valence-electron chi connectivity index (χ1n) is 7.18. The Morgan fingerprint density at radius 2 is 1.77 bits per heavy atom. The highest BCUT2D eigenvalue weighted by atomic mass is 19.1. The van der Waals surface area contributed by atoms with Crippen LogP contribution in [0.15, 0.2) is 60.7 Å². The summed E-state index contributed by atoms with van der Waals surface area (Å²) < 4.78 is 13.1. The van der Waals surface area contributed by atoms with Gasteiger partial charge < -0.3 is 10.0 Å². The molecule has 1 amide bonds. The summed E-state index contributed by atoms with van der Waals surface area (Å²) in [7, 11) is 0. The highest BCUT2D eigenvalue weighted by molar-refractivity contribution is 5.99. The van der Waals surface area contributed by atoms with E-state index in [9.17, 15) is 14.3 Å². The maximum atomic E-state index is 13.1. The maximum Gasteiger partial charge on any atom is 0.258 e. The summed E-state index contributed by atoms with van der Waals surface area (Å²) in [4.78, 5) is 14.3. The van der Waals surface area contributed by atoms with E-state index < -0.39 is 6.10 Å². The molecule has 2 aromatic rings. The minimum atomic E-state index is -0.597. The molecule has 0 aliphatic carbocycles. The molecule has 2 aromatic carbocycles. The minimum Gasteiger partial charge on any atom is -0.389 e. The molecule has 0 radical (unpaired) electrons. The number of amides is 1. The Hall–Kier alpha value is -2.46. The molecule has 0 fully saturated rings. The number of nitrogens with zero attached hydrogens (tertiary/aromatic N) is 1. The Kier molecular flexibility index (Phi) is 4.02. The van der Waals surface area contributed by atoms with E-state index in [2.05, 4.69) is 0 Å². The first-order chi connectivity index (χ1) is 10.6. The van der Waals surface area contributed by atoms with E-state index in [1.54, 1.807) is 35.2 Å². The molecule has 0 saturated carbocycles. The summed E-state index contributed by atoms with van der Waals surface area (Å²) in [6.07, 6.45) is 1.54. The second-order valence-corrected chi connectivity index (χ2v) is 5.24. The molecular formula is C18H16FNO2. The molecule has 0 bridgehead atoms. The van der Waals surface area contributed by atoms with Crippen molar-refractivity contribution in [3.63, 3.8) is 0 Å². The van der Waals surface area contributed by atoms with Gasteiger partial charge in [0.05, 0.1) is 6.10 Å². The predicted molar refractivity (Wildman–Crippen MR) is 82.5 cm³/mol. The molecule has 0 saturated heterocycles. The summed E-state index contributed by atoms with van der Waals surface area (Å²) in [6.45, 7) is 0.429. The third kappa shape index (κ3) is 2.92. The fourth-order valence-electron chi connectivity index (χ4n) is 2.56. The molecule has 112 valence electrons. The van der Waals surface area contributed by atoms with Gasteiger partial charge in [0.15, 0.2) is 0 Å². The smallest absolute Gasteiger partial charge is 0.258 e. The lowest BCUT2D eigenvalue weighted by Gasteiger charge is -2.31. The summed E-state index contributed by atoms with van der Waals surface area (Å²) in [5.41, 5.74) is 1.92. The second kappa shape index (κ2) is 6.12. The van der Waals surface area contributed by atoms with E-state index in [1.807, 2.05) is 18.2 Å². The molecular weight excluding hydrogens is 281 g/mol. The molecule has 22 heavy (non-hydrogen) atoms. The van der Waals surface area contributed by atoms with E-state index in [4.69, 9.17) is 0 Å². The zero-order valence-electron chi connectivity index (χ0n) is 11.9. The fourth-order valence-corrected chi connectivity index (χ4v) is 2.56. The Morgan fingerprint density at radius 3 is 2.45 bits per heavy atom. The molecule has 3 nitrogen and oxygen atoms in total.